The van der Waals surface area contributed by atoms with Gasteiger partial charge in [0, 0.05) is 5.56 Å². The molecule has 0 aliphatic carbocycles. The van der Waals surface area contributed by atoms with Crippen molar-refractivity contribution in [2.75, 3.05) is 7.11 Å². The van der Waals surface area contributed by atoms with Crippen molar-refractivity contribution in [3.8, 4) is 16.5 Å². The van der Waals surface area contributed by atoms with E-state index >= 15 is 0 Å². The molecule has 0 radical (unpaired) electrons. The molecule has 11 heteroatoms. The Bertz CT molecular complexity index is 1500. The summed E-state index contributed by atoms with van der Waals surface area (Å²) in [6, 6.07) is 6.83. The maximum atomic E-state index is 13.6. The number of carboxylic acid groups (broad SMARTS) is 1. The van der Waals surface area contributed by atoms with Crippen molar-refractivity contribution in [2.24, 2.45) is 0 Å². The maximum Gasteiger partial charge on any atom is 0.333 e. The number of oxazole rings is 1. The van der Waals surface area contributed by atoms with E-state index in [1.807, 2.05) is 0 Å². The zero-order valence-corrected chi connectivity index (χ0v) is 19.8. The Morgan fingerprint density at radius 1 is 1.29 bits per heavy atom. The summed E-state index contributed by atoms with van der Waals surface area (Å²) >= 11 is 1.12. The molecule has 0 aliphatic heterocycles. The van der Waals surface area contributed by atoms with E-state index in [0.29, 0.717) is 26.3 Å². The van der Waals surface area contributed by atoms with Crippen LogP contribution < -0.4 is 16.0 Å². The van der Waals surface area contributed by atoms with Crippen LogP contribution in [0.5, 0.6) is 5.75 Å². The summed E-state index contributed by atoms with van der Waals surface area (Å²) in [4.78, 5) is 44.0. The van der Waals surface area contributed by atoms with E-state index in [0.717, 1.165) is 11.3 Å². The Kier molecular flexibility index (Phi) is 5.92. The first kappa shape index (κ1) is 23.5. The van der Waals surface area contributed by atoms with Crippen LogP contribution in [0.1, 0.15) is 31.1 Å². The molecule has 4 rings (SSSR count). The highest BCUT2D eigenvalue weighted by atomic mass is 32.1. The van der Waals surface area contributed by atoms with Crippen molar-refractivity contribution in [2.45, 2.75) is 39.0 Å². The van der Waals surface area contributed by atoms with Gasteiger partial charge in [-0.15, -0.1) is 11.3 Å². The summed E-state index contributed by atoms with van der Waals surface area (Å²) in [5.41, 5.74) is -2.47. The lowest BCUT2D eigenvalue weighted by atomic mass is 10.1. The smallest absolute Gasteiger partial charge is 0.333 e. The predicted molar refractivity (Wildman–Crippen MR) is 125 cm³/mol. The van der Waals surface area contributed by atoms with Crippen LogP contribution >= 0.6 is 11.3 Å². The fourth-order valence-corrected chi connectivity index (χ4v) is 5.09. The number of fused-ring (bicyclic) bond motifs is 1. The molecule has 34 heavy (non-hydrogen) atoms. The number of aliphatic hydroxyl groups is 1. The second-order valence-corrected chi connectivity index (χ2v) is 9.23. The number of carbonyl (C=O) groups is 1. The van der Waals surface area contributed by atoms with Crippen molar-refractivity contribution in [1.29, 1.82) is 0 Å². The maximum absolute atomic E-state index is 13.6. The molecule has 0 saturated heterocycles. The van der Waals surface area contributed by atoms with Crippen LogP contribution in [0.3, 0.4) is 0 Å². The number of aliphatic hydroxyl groups excluding tert-OH is 1. The number of para-hydroxylation sites is 1. The van der Waals surface area contributed by atoms with Crippen molar-refractivity contribution >= 4 is 27.5 Å². The Balaban J connectivity index is 2.03. The average molecular weight is 486 g/mol. The van der Waals surface area contributed by atoms with Crippen LogP contribution in [0.25, 0.3) is 21.0 Å². The number of nitrogens with zero attached hydrogens (tertiary/aromatic N) is 3. The molecular formula is C23H23N3O7S. The summed E-state index contributed by atoms with van der Waals surface area (Å²) in [5.74, 6) is -0.642. The van der Waals surface area contributed by atoms with E-state index in [1.165, 1.54) is 38.0 Å². The molecule has 0 amide bonds. The Morgan fingerprint density at radius 3 is 2.62 bits per heavy atom. The largest absolute Gasteiger partial charge is 0.496 e. The SMILES string of the molecule is COc1ccccc1C(O)Cn1c(=O)n(C(C)(C)C(=O)O)c(=O)c2c(C)c(-c3ncco3)sc21. The van der Waals surface area contributed by atoms with Gasteiger partial charge in [0.15, 0.2) is 0 Å². The Labute approximate surface area is 197 Å². The number of rotatable bonds is 7. The van der Waals surface area contributed by atoms with Gasteiger partial charge in [-0.3, -0.25) is 9.36 Å². The summed E-state index contributed by atoms with van der Waals surface area (Å²) in [5, 5.41) is 21.0. The molecule has 0 bridgehead atoms. The van der Waals surface area contributed by atoms with E-state index in [4.69, 9.17) is 9.15 Å². The second-order valence-electron chi connectivity index (χ2n) is 8.23. The zero-order valence-electron chi connectivity index (χ0n) is 18.9. The van der Waals surface area contributed by atoms with Gasteiger partial charge in [-0.05, 0) is 32.4 Å². The molecule has 0 saturated carbocycles. The predicted octanol–water partition coefficient (Wildman–Crippen LogP) is 2.75. The van der Waals surface area contributed by atoms with Crippen LogP contribution in [0.2, 0.25) is 0 Å². The van der Waals surface area contributed by atoms with Gasteiger partial charge in [0.1, 0.15) is 28.5 Å². The monoisotopic (exact) mass is 485 g/mol. The number of ether oxygens (including phenoxy) is 1. The molecule has 3 aromatic heterocycles. The van der Waals surface area contributed by atoms with Gasteiger partial charge < -0.3 is 19.4 Å². The fourth-order valence-electron chi connectivity index (χ4n) is 3.85. The summed E-state index contributed by atoms with van der Waals surface area (Å²) in [7, 11) is 1.47. The van der Waals surface area contributed by atoms with E-state index in [-0.39, 0.29) is 22.7 Å². The first-order valence-corrected chi connectivity index (χ1v) is 11.1. The summed E-state index contributed by atoms with van der Waals surface area (Å²) < 4.78 is 12.7. The third-order valence-electron chi connectivity index (χ3n) is 5.77. The third kappa shape index (κ3) is 3.62. The van der Waals surface area contributed by atoms with Crippen LogP contribution in [-0.2, 0) is 16.9 Å². The molecule has 4 aromatic rings. The minimum atomic E-state index is -1.84. The topological polar surface area (TPSA) is 137 Å². The number of hydrogen-bond donors (Lipinski definition) is 2. The zero-order chi connectivity index (χ0) is 24.8. The molecule has 178 valence electrons. The Hall–Kier alpha value is -3.70. The van der Waals surface area contributed by atoms with Crippen LogP contribution in [0, 0.1) is 6.92 Å². The number of carboxylic acids is 1. The van der Waals surface area contributed by atoms with Gasteiger partial charge in [0.25, 0.3) is 5.56 Å². The lowest BCUT2D eigenvalue weighted by Gasteiger charge is -2.24. The first-order chi connectivity index (χ1) is 16.1. The lowest BCUT2D eigenvalue weighted by Crippen LogP contribution is -2.52. The normalized spacial score (nSPS) is 12.7. The van der Waals surface area contributed by atoms with E-state index in [1.54, 1.807) is 31.2 Å². The molecule has 0 spiro atoms. The number of aliphatic carboxylic acids is 1. The molecule has 2 N–H and O–H groups in total. The molecule has 1 atom stereocenters. The molecule has 0 aliphatic rings. The quantitative estimate of drug-likeness (QED) is 0.408. The molecule has 10 nitrogen and oxygen atoms in total. The highest BCUT2D eigenvalue weighted by molar-refractivity contribution is 7.22. The highest BCUT2D eigenvalue weighted by Crippen LogP contribution is 2.36. The van der Waals surface area contributed by atoms with Gasteiger partial charge in [-0.1, -0.05) is 18.2 Å². The van der Waals surface area contributed by atoms with Gasteiger partial charge in [-0.2, -0.15) is 0 Å². The van der Waals surface area contributed by atoms with Crippen molar-refractivity contribution in [1.82, 2.24) is 14.1 Å². The Morgan fingerprint density at radius 2 is 2.00 bits per heavy atom. The van der Waals surface area contributed by atoms with Crippen LogP contribution in [-0.4, -0.2) is 37.4 Å². The van der Waals surface area contributed by atoms with Crippen LogP contribution in [0.4, 0.5) is 0 Å². The number of aromatic nitrogens is 3. The average Bonchev–Trinajstić information content (AvgIpc) is 3.44. The van der Waals surface area contributed by atoms with Crippen molar-refractivity contribution in [3.05, 3.63) is 68.7 Å². The van der Waals surface area contributed by atoms with Crippen molar-refractivity contribution < 1.29 is 24.2 Å². The highest BCUT2D eigenvalue weighted by Gasteiger charge is 2.36. The van der Waals surface area contributed by atoms with E-state index in [2.05, 4.69) is 4.98 Å². The molecule has 1 unspecified atom stereocenters. The summed E-state index contributed by atoms with van der Waals surface area (Å²) in [6.45, 7) is 4.00. The summed E-state index contributed by atoms with van der Waals surface area (Å²) in [6.07, 6.45) is 1.68. The standard InChI is InChI=1S/C23H23N3O7S/c1-12-16-19(28)26(23(2,3)21(29)30)22(31)25(20(16)34-17(12)18-24-9-10-33-18)11-14(27)13-7-5-6-8-15(13)32-4/h5-10,14,27H,11H2,1-4H3,(H,29,30). The number of thiophene rings is 1. The van der Waals surface area contributed by atoms with Gasteiger partial charge in [-0.25, -0.2) is 19.1 Å². The minimum Gasteiger partial charge on any atom is -0.496 e. The number of hydrogen-bond acceptors (Lipinski definition) is 8. The molecule has 0 fully saturated rings. The molecular weight excluding hydrogens is 462 g/mol. The fraction of sp³-hybridized carbons (Fsp3) is 0.304. The van der Waals surface area contributed by atoms with Gasteiger partial charge in [0.2, 0.25) is 5.89 Å². The van der Waals surface area contributed by atoms with E-state index < -0.39 is 28.9 Å². The van der Waals surface area contributed by atoms with Crippen molar-refractivity contribution in [3.63, 3.8) is 0 Å². The number of aryl methyl sites for hydroxylation is 1. The second kappa shape index (κ2) is 8.58. The minimum absolute atomic E-state index is 0.166. The molecule has 3 heterocycles. The van der Waals surface area contributed by atoms with Crippen LogP contribution in [0.15, 0.2) is 50.7 Å². The molecule has 1 aromatic carbocycles. The van der Waals surface area contributed by atoms with Gasteiger partial charge in [0.05, 0.1) is 30.1 Å². The first-order valence-electron chi connectivity index (χ1n) is 10.3. The lowest BCUT2D eigenvalue weighted by molar-refractivity contribution is -0.146. The van der Waals surface area contributed by atoms with E-state index in [9.17, 15) is 24.6 Å². The van der Waals surface area contributed by atoms with Gasteiger partial charge >= 0.3 is 11.7 Å². The number of benzene rings is 1. The number of methoxy groups -OCH3 is 1. The third-order valence-corrected chi connectivity index (χ3v) is 7.08.